The molecule has 3 heterocycles. The monoisotopic (exact) mass is 265 g/mol. The number of hydrogen-bond acceptors (Lipinski definition) is 4. The number of fused-ring (bicyclic) bond motifs is 3. The van der Waals surface area contributed by atoms with E-state index in [9.17, 15) is 0 Å². The highest BCUT2D eigenvalue weighted by Crippen LogP contribution is 2.34. The zero-order chi connectivity index (χ0) is 12.1. The zero-order valence-corrected chi connectivity index (χ0v) is 11.0. The van der Waals surface area contributed by atoms with Gasteiger partial charge in [-0.25, -0.2) is 9.97 Å². The largest absolute Gasteiger partial charge is 0.371 e. The van der Waals surface area contributed by atoms with Crippen molar-refractivity contribution in [2.45, 2.75) is 44.3 Å². The lowest BCUT2D eigenvalue weighted by atomic mass is 10.2. The van der Waals surface area contributed by atoms with Gasteiger partial charge >= 0.3 is 0 Å². The van der Waals surface area contributed by atoms with Gasteiger partial charge in [0.15, 0.2) is 0 Å². The summed E-state index contributed by atoms with van der Waals surface area (Å²) in [5, 5.41) is 0.393. The highest BCUT2D eigenvalue weighted by Gasteiger charge is 2.35. The second kappa shape index (κ2) is 4.07. The van der Waals surface area contributed by atoms with Gasteiger partial charge in [-0.2, -0.15) is 0 Å². The van der Waals surface area contributed by atoms with Crippen LogP contribution in [0.15, 0.2) is 0 Å². The number of hydrogen-bond donors (Lipinski definition) is 0. The molecule has 4 nitrogen and oxygen atoms in total. The molecule has 2 aliphatic heterocycles. The molecule has 5 heteroatoms. The summed E-state index contributed by atoms with van der Waals surface area (Å²) >= 11 is 6.06. The van der Waals surface area contributed by atoms with Crippen LogP contribution in [0.5, 0.6) is 0 Å². The van der Waals surface area contributed by atoms with E-state index in [1.54, 1.807) is 0 Å². The summed E-state index contributed by atoms with van der Waals surface area (Å²) in [7, 11) is 0. The molecule has 1 aromatic heterocycles. The van der Waals surface area contributed by atoms with E-state index < -0.39 is 0 Å². The molecule has 0 radical (unpaired) electrons. The fourth-order valence-corrected chi connectivity index (χ4v) is 3.61. The van der Waals surface area contributed by atoms with Gasteiger partial charge in [0.2, 0.25) is 5.28 Å². The van der Waals surface area contributed by atoms with E-state index in [0.29, 0.717) is 17.5 Å². The molecule has 96 valence electrons. The normalized spacial score (nSPS) is 29.7. The molecule has 4 rings (SSSR count). The minimum atomic E-state index is 0.384. The Balaban J connectivity index is 1.72. The highest BCUT2D eigenvalue weighted by atomic mass is 35.5. The van der Waals surface area contributed by atoms with Crippen LogP contribution in [0.25, 0.3) is 0 Å². The minimum absolute atomic E-state index is 0.384. The Kier molecular flexibility index (Phi) is 2.49. The van der Waals surface area contributed by atoms with Gasteiger partial charge in [0, 0.05) is 18.7 Å². The maximum Gasteiger partial charge on any atom is 0.224 e. The predicted molar refractivity (Wildman–Crippen MR) is 69.2 cm³/mol. The van der Waals surface area contributed by atoms with Crippen molar-refractivity contribution in [3.05, 3.63) is 16.5 Å². The van der Waals surface area contributed by atoms with Crippen molar-refractivity contribution in [2.24, 2.45) is 0 Å². The summed E-state index contributed by atoms with van der Waals surface area (Å²) in [6, 6.07) is 0. The Bertz CT molecular complexity index is 481. The summed E-state index contributed by atoms with van der Waals surface area (Å²) in [6.07, 6.45) is 6.44. The number of aromatic nitrogens is 2. The smallest absolute Gasteiger partial charge is 0.224 e. The molecule has 0 saturated carbocycles. The van der Waals surface area contributed by atoms with Gasteiger partial charge in [-0.3, -0.25) is 0 Å². The van der Waals surface area contributed by atoms with E-state index in [1.165, 1.54) is 24.8 Å². The number of ether oxygens (including phenoxy) is 1. The van der Waals surface area contributed by atoms with Gasteiger partial charge < -0.3 is 9.64 Å². The van der Waals surface area contributed by atoms with Crippen molar-refractivity contribution in [3.8, 4) is 0 Å². The summed E-state index contributed by atoms with van der Waals surface area (Å²) in [5.74, 6) is 1.07. The number of aryl methyl sites for hydroxylation is 1. The number of halogens is 1. The Labute approximate surface area is 111 Å². The van der Waals surface area contributed by atoms with Crippen molar-refractivity contribution < 1.29 is 4.74 Å². The molecule has 2 atom stereocenters. The molecule has 0 spiro atoms. The van der Waals surface area contributed by atoms with Gasteiger partial charge in [-0.15, -0.1) is 0 Å². The molecule has 2 unspecified atom stereocenters. The van der Waals surface area contributed by atoms with E-state index >= 15 is 0 Å². The number of morpholine rings is 1. The highest BCUT2D eigenvalue weighted by molar-refractivity contribution is 6.28. The lowest BCUT2D eigenvalue weighted by molar-refractivity contribution is 0.0301. The van der Waals surface area contributed by atoms with E-state index in [0.717, 1.165) is 37.4 Å². The van der Waals surface area contributed by atoms with Crippen LogP contribution in [0, 0.1) is 0 Å². The van der Waals surface area contributed by atoms with Crippen LogP contribution in [-0.2, 0) is 17.6 Å². The summed E-state index contributed by atoms with van der Waals surface area (Å²) in [6.45, 7) is 1.91. The Morgan fingerprint density at radius 1 is 1.11 bits per heavy atom. The Morgan fingerprint density at radius 2 is 1.89 bits per heavy atom. The topological polar surface area (TPSA) is 38.2 Å². The summed E-state index contributed by atoms with van der Waals surface area (Å²) < 4.78 is 5.88. The number of anilines is 1. The molecule has 2 bridgehead atoms. The van der Waals surface area contributed by atoms with Crippen LogP contribution < -0.4 is 4.90 Å². The fourth-order valence-electron chi connectivity index (χ4n) is 3.43. The average Bonchev–Trinajstić information content (AvgIpc) is 2.94. The first-order chi connectivity index (χ1) is 8.79. The second-order valence-corrected chi connectivity index (χ2v) is 5.80. The third-order valence-corrected chi connectivity index (χ3v) is 4.40. The molecular formula is C13H16ClN3O. The lowest BCUT2D eigenvalue weighted by Crippen LogP contribution is -2.43. The quantitative estimate of drug-likeness (QED) is 0.728. The average molecular weight is 266 g/mol. The lowest BCUT2D eigenvalue weighted by Gasteiger charge is -2.34. The van der Waals surface area contributed by atoms with Gasteiger partial charge in [0.1, 0.15) is 5.82 Å². The van der Waals surface area contributed by atoms with Crippen molar-refractivity contribution >= 4 is 17.4 Å². The van der Waals surface area contributed by atoms with Crippen LogP contribution in [0.3, 0.4) is 0 Å². The van der Waals surface area contributed by atoms with Crippen LogP contribution >= 0.6 is 11.6 Å². The number of nitrogens with zero attached hydrogens (tertiary/aromatic N) is 3. The fraction of sp³-hybridized carbons (Fsp3) is 0.692. The van der Waals surface area contributed by atoms with E-state index in [2.05, 4.69) is 14.9 Å². The molecule has 18 heavy (non-hydrogen) atoms. The third kappa shape index (κ3) is 1.70. The van der Waals surface area contributed by atoms with Gasteiger partial charge in [-0.1, -0.05) is 0 Å². The predicted octanol–water partition coefficient (Wildman–Crippen LogP) is 1.99. The standard InChI is InChI=1S/C13H16ClN3O/c14-13-15-11-3-1-2-10(11)12(16-13)17-6-8-4-5-9(7-17)18-8/h8-9H,1-7H2. The summed E-state index contributed by atoms with van der Waals surface area (Å²) in [5.41, 5.74) is 2.48. The minimum Gasteiger partial charge on any atom is -0.371 e. The van der Waals surface area contributed by atoms with Crippen LogP contribution in [0.2, 0.25) is 5.28 Å². The first-order valence-corrected chi connectivity index (χ1v) is 7.13. The van der Waals surface area contributed by atoms with Gasteiger partial charge in [0.05, 0.1) is 17.9 Å². The molecule has 0 amide bonds. The SMILES string of the molecule is Clc1nc2c(c(N3CC4CCC(C3)O4)n1)CCC2. The summed E-state index contributed by atoms with van der Waals surface area (Å²) in [4.78, 5) is 11.2. The molecule has 3 aliphatic rings. The maximum atomic E-state index is 6.06. The van der Waals surface area contributed by atoms with E-state index in [-0.39, 0.29) is 0 Å². The molecule has 2 saturated heterocycles. The molecule has 1 aromatic rings. The van der Waals surface area contributed by atoms with Crippen LogP contribution in [-0.4, -0.2) is 35.3 Å². The van der Waals surface area contributed by atoms with Crippen molar-refractivity contribution in [1.82, 2.24) is 9.97 Å². The van der Waals surface area contributed by atoms with E-state index in [1.807, 2.05) is 0 Å². The van der Waals surface area contributed by atoms with Crippen molar-refractivity contribution in [3.63, 3.8) is 0 Å². The van der Waals surface area contributed by atoms with Crippen LogP contribution in [0.1, 0.15) is 30.5 Å². The second-order valence-electron chi connectivity index (χ2n) is 5.46. The first kappa shape index (κ1) is 11.0. The van der Waals surface area contributed by atoms with E-state index in [4.69, 9.17) is 16.3 Å². The van der Waals surface area contributed by atoms with Gasteiger partial charge in [0.25, 0.3) is 0 Å². The Morgan fingerprint density at radius 3 is 2.67 bits per heavy atom. The molecular weight excluding hydrogens is 250 g/mol. The Hall–Kier alpha value is -0.870. The number of rotatable bonds is 1. The molecule has 0 N–H and O–H groups in total. The third-order valence-electron chi connectivity index (χ3n) is 4.23. The van der Waals surface area contributed by atoms with Crippen molar-refractivity contribution in [1.29, 1.82) is 0 Å². The van der Waals surface area contributed by atoms with Gasteiger partial charge in [-0.05, 0) is 43.7 Å². The van der Waals surface area contributed by atoms with Crippen molar-refractivity contribution in [2.75, 3.05) is 18.0 Å². The molecule has 0 aromatic carbocycles. The maximum absolute atomic E-state index is 6.06. The molecule has 1 aliphatic carbocycles. The first-order valence-electron chi connectivity index (χ1n) is 6.75. The molecule has 2 fully saturated rings. The van der Waals surface area contributed by atoms with Crippen LogP contribution in [0.4, 0.5) is 5.82 Å². The zero-order valence-electron chi connectivity index (χ0n) is 10.2.